The van der Waals surface area contributed by atoms with Crippen molar-refractivity contribution in [2.45, 2.75) is 75.3 Å². The van der Waals surface area contributed by atoms with Crippen LogP contribution in [0.3, 0.4) is 0 Å². The number of aromatic nitrogens is 6. The normalized spacial score (nSPS) is 23.5. The molecular weight excluding hydrogens is 750 g/mol. The van der Waals surface area contributed by atoms with Crippen LogP contribution < -0.4 is 21.1 Å². The van der Waals surface area contributed by atoms with Crippen LogP contribution in [0.4, 0.5) is 23.4 Å². The van der Waals surface area contributed by atoms with Crippen LogP contribution in [-0.4, -0.2) is 84.4 Å². The van der Waals surface area contributed by atoms with Crippen LogP contribution in [0.2, 0.25) is 0 Å². The van der Waals surface area contributed by atoms with Crippen molar-refractivity contribution < 1.29 is 36.7 Å². The maximum atomic E-state index is 16.3. The van der Waals surface area contributed by atoms with E-state index in [2.05, 4.69) is 25.5 Å². The van der Waals surface area contributed by atoms with Crippen molar-refractivity contribution in [1.82, 2.24) is 39.1 Å². The molecule has 0 spiro atoms. The molecule has 0 radical (unpaired) electrons. The number of imidazole rings is 1. The third kappa shape index (κ3) is 7.37. The van der Waals surface area contributed by atoms with Crippen molar-refractivity contribution >= 4 is 45.5 Å². The summed E-state index contributed by atoms with van der Waals surface area (Å²) >= 11 is 0. The van der Waals surface area contributed by atoms with Crippen LogP contribution in [0.5, 0.6) is 5.75 Å². The third-order valence-corrected chi connectivity index (χ3v) is 11.6. The first-order valence-corrected chi connectivity index (χ1v) is 19.0. The van der Waals surface area contributed by atoms with Gasteiger partial charge in [-0.2, -0.15) is 18.3 Å². The van der Waals surface area contributed by atoms with E-state index in [9.17, 15) is 32.3 Å². The number of pyridine rings is 2. The molecule has 4 aromatic heterocycles. The van der Waals surface area contributed by atoms with Gasteiger partial charge in [0.15, 0.2) is 0 Å². The summed E-state index contributed by atoms with van der Waals surface area (Å²) in [6, 6.07) is 7.46. The van der Waals surface area contributed by atoms with Crippen LogP contribution in [0.1, 0.15) is 84.7 Å². The monoisotopic (exact) mass is 791 g/mol. The average molecular weight is 792 g/mol. The maximum Gasteiger partial charge on any atom is 0.433 e. The Morgan fingerprint density at radius 2 is 1.84 bits per heavy atom. The molecular formula is C39H41F4N9O5. The number of rotatable bonds is 8. The number of imide groups is 1. The van der Waals surface area contributed by atoms with Gasteiger partial charge in [0, 0.05) is 49.6 Å². The Hall–Kier alpha value is -5.65. The van der Waals surface area contributed by atoms with Gasteiger partial charge in [-0.15, -0.1) is 0 Å². The van der Waals surface area contributed by atoms with Gasteiger partial charge >= 0.3 is 11.9 Å². The number of hydrogen-bond donors (Lipinski definition) is 2. The number of halogens is 4. The molecule has 1 aromatic carbocycles. The lowest BCUT2D eigenvalue weighted by Gasteiger charge is -2.38. The first-order valence-electron chi connectivity index (χ1n) is 19.0. The molecule has 14 nitrogen and oxygen atoms in total. The summed E-state index contributed by atoms with van der Waals surface area (Å²) in [6.07, 6.45) is 1.88. The number of anilines is 1. The van der Waals surface area contributed by atoms with Crippen LogP contribution >= 0.6 is 0 Å². The minimum atomic E-state index is -4.68. The molecule has 1 saturated carbocycles. The fourth-order valence-electron chi connectivity index (χ4n) is 8.77. The molecule has 2 aliphatic heterocycles. The summed E-state index contributed by atoms with van der Waals surface area (Å²) in [6.45, 7) is 1.64. The van der Waals surface area contributed by atoms with Crippen LogP contribution in [0.25, 0.3) is 21.9 Å². The number of carbonyl (C=O) groups excluding carboxylic acids is 3. The van der Waals surface area contributed by atoms with Crippen LogP contribution in [0, 0.1) is 5.92 Å². The van der Waals surface area contributed by atoms with Crippen molar-refractivity contribution in [3.63, 3.8) is 0 Å². The molecule has 5 aromatic rings. The van der Waals surface area contributed by atoms with Gasteiger partial charge in [0.1, 0.15) is 40.7 Å². The topological polar surface area (TPSA) is 158 Å². The first-order chi connectivity index (χ1) is 27.3. The van der Waals surface area contributed by atoms with E-state index in [0.717, 1.165) is 49.7 Å². The van der Waals surface area contributed by atoms with Crippen molar-refractivity contribution in [3.8, 4) is 5.75 Å². The molecule has 8 rings (SSSR count). The molecule has 3 amide bonds. The molecule has 2 saturated heterocycles. The Kier molecular flexibility index (Phi) is 10.1. The third-order valence-electron chi connectivity index (χ3n) is 11.6. The number of benzene rings is 1. The van der Waals surface area contributed by atoms with Crippen LogP contribution in [0.15, 0.2) is 53.6 Å². The Bertz CT molecular complexity index is 2430. The van der Waals surface area contributed by atoms with Gasteiger partial charge in [0.25, 0.3) is 5.91 Å². The van der Waals surface area contributed by atoms with E-state index in [1.165, 1.54) is 28.5 Å². The smallest absolute Gasteiger partial charge is 0.433 e. The van der Waals surface area contributed by atoms with Crippen molar-refractivity contribution in [3.05, 3.63) is 76.2 Å². The molecule has 3 unspecified atom stereocenters. The van der Waals surface area contributed by atoms with Gasteiger partial charge < -0.3 is 15.0 Å². The largest absolute Gasteiger partial charge is 0.496 e. The van der Waals surface area contributed by atoms with Gasteiger partial charge in [0.05, 0.1) is 30.4 Å². The number of fused-ring (bicyclic) bond motifs is 2. The van der Waals surface area contributed by atoms with E-state index in [0.29, 0.717) is 46.7 Å². The lowest BCUT2D eigenvalue weighted by atomic mass is 9.83. The molecule has 3 fully saturated rings. The zero-order valence-corrected chi connectivity index (χ0v) is 31.3. The summed E-state index contributed by atoms with van der Waals surface area (Å²) < 4.78 is 66.0. The lowest BCUT2D eigenvalue weighted by molar-refractivity contribution is -0.141. The quantitative estimate of drug-likeness (QED) is 0.157. The molecule has 0 bridgehead atoms. The molecule has 300 valence electrons. The molecule has 1 aliphatic carbocycles. The zero-order valence-electron chi connectivity index (χ0n) is 31.3. The molecule has 6 heterocycles. The number of likely N-dealkylation sites (tertiary alicyclic amines) is 1. The number of hydrogen-bond acceptors (Lipinski definition) is 9. The molecule has 3 atom stereocenters. The fraction of sp³-hybridized carbons (Fsp3) is 0.462. The fourth-order valence-corrected chi connectivity index (χ4v) is 8.77. The Labute approximate surface area is 323 Å². The standard InChI is InChI=1S/C39H41F4N9O5/c1-49-35-28(52(38(49)56)29-11-13-33(53)47-37(29)55)10-12-30(57-2)34(35)24-14-15-50(20-25(24)40)18-21-6-8-23(9-7-21)51-19-22-16-32(44-17-27(22)48-51)46-36(54)26-4-3-5-31(45-26)39(41,42)43/h3-5,10,12,16-17,19,21,23-25,29H,6-9,11,13-15,18,20H2,1-2H3,(H,46,54)(H,47,53,55). The number of nitrogens with one attached hydrogen (secondary N) is 2. The number of piperidine rings is 2. The van der Waals surface area contributed by atoms with E-state index in [1.807, 2.05) is 10.9 Å². The predicted molar refractivity (Wildman–Crippen MR) is 200 cm³/mol. The van der Waals surface area contributed by atoms with Gasteiger partial charge in [0.2, 0.25) is 11.8 Å². The van der Waals surface area contributed by atoms with E-state index >= 15 is 4.39 Å². The predicted octanol–water partition coefficient (Wildman–Crippen LogP) is 5.30. The van der Waals surface area contributed by atoms with Crippen LogP contribution in [-0.2, 0) is 22.8 Å². The summed E-state index contributed by atoms with van der Waals surface area (Å²) in [5, 5.41) is 10.3. The molecule has 18 heteroatoms. The van der Waals surface area contributed by atoms with E-state index < -0.39 is 47.5 Å². The lowest BCUT2D eigenvalue weighted by Crippen LogP contribution is -2.44. The number of carbonyl (C=O) groups is 3. The number of alkyl halides is 4. The summed E-state index contributed by atoms with van der Waals surface area (Å²) in [5.74, 6) is -1.25. The Balaban J connectivity index is 0.894. The minimum Gasteiger partial charge on any atom is -0.496 e. The van der Waals surface area contributed by atoms with Crippen molar-refractivity contribution in [1.29, 1.82) is 0 Å². The number of amides is 3. The minimum absolute atomic E-state index is 0.119. The Morgan fingerprint density at radius 3 is 2.56 bits per heavy atom. The van der Waals surface area contributed by atoms with Gasteiger partial charge in [-0.1, -0.05) is 6.07 Å². The van der Waals surface area contributed by atoms with Gasteiger partial charge in [-0.25, -0.2) is 19.2 Å². The highest BCUT2D eigenvalue weighted by atomic mass is 19.4. The van der Waals surface area contributed by atoms with E-state index in [4.69, 9.17) is 9.84 Å². The first kappa shape index (κ1) is 38.2. The van der Waals surface area contributed by atoms with E-state index in [-0.39, 0.29) is 42.8 Å². The molecule has 57 heavy (non-hydrogen) atoms. The highest BCUT2D eigenvalue weighted by Gasteiger charge is 2.38. The summed E-state index contributed by atoms with van der Waals surface area (Å²) in [5.41, 5.74) is 0.296. The van der Waals surface area contributed by atoms with Crippen molar-refractivity contribution in [2.75, 3.05) is 32.1 Å². The SMILES string of the molecule is COc1ccc2c(c1C1CCN(CC3CCC(n4cc5cc(NC(=O)c6cccc(C(F)(F)F)n6)ncc5n4)CC3)CC1F)n(C)c(=O)n2C1CCC(=O)NC1=O. The molecule has 2 N–H and O–H groups in total. The second kappa shape index (κ2) is 15.0. The number of aryl methyl sites for hydroxylation is 1. The zero-order chi connectivity index (χ0) is 40.2. The van der Waals surface area contributed by atoms with Gasteiger partial charge in [-0.05, 0) is 81.3 Å². The number of ether oxygens (including phenoxy) is 1. The highest BCUT2D eigenvalue weighted by molar-refractivity contribution is 6.03. The average Bonchev–Trinajstić information content (AvgIpc) is 3.72. The summed E-state index contributed by atoms with van der Waals surface area (Å²) in [4.78, 5) is 60.6. The van der Waals surface area contributed by atoms with E-state index in [1.54, 1.807) is 25.2 Å². The Morgan fingerprint density at radius 1 is 1.05 bits per heavy atom. The van der Waals surface area contributed by atoms with Crippen molar-refractivity contribution in [2.24, 2.45) is 13.0 Å². The molecule has 3 aliphatic rings. The van der Waals surface area contributed by atoms with Gasteiger partial charge in [-0.3, -0.25) is 33.5 Å². The number of nitrogens with zero attached hydrogens (tertiary/aromatic N) is 7. The second-order valence-corrected chi connectivity index (χ2v) is 15.2. The highest BCUT2D eigenvalue weighted by Crippen LogP contribution is 2.42. The second-order valence-electron chi connectivity index (χ2n) is 15.2. The summed E-state index contributed by atoms with van der Waals surface area (Å²) in [7, 11) is 3.13. The number of methoxy groups -OCH3 is 1. The maximum absolute atomic E-state index is 16.3.